The quantitative estimate of drug-likeness (QED) is 0.753. The van der Waals surface area contributed by atoms with Crippen molar-refractivity contribution < 1.29 is 4.74 Å². The molecular formula is C12H24N2O. The maximum absolute atomic E-state index is 5.35. The van der Waals surface area contributed by atoms with Gasteiger partial charge in [0.15, 0.2) is 0 Å². The van der Waals surface area contributed by atoms with Crippen LogP contribution >= 0.6 is 0 Å². The van der Waals surface area contributed by atoms with Crippen LogP contribution in [0.5, 0.6) is 0 Å². The standard InChI is InChI=1S/C12H24N2O/c1-10-3-4-12(9-11(10)2)13-14-5-7-15-8-6-14/h10-13H,3-9H2,1-2H3. The minimum atomic E-state index is 0.703. The van der Waals surface area contributed by atoms with Gasteiger partial charge in [-0.15, -0.1) is 0 Å². The van der Waals surface area contributed by atoms with Crippen LogP contribution in [0, 0.1) is 11.8 Å². The molecule has 3 nitrogen and oxygen atoms in total. The van der Waals surface area contributed by atoms with E-state index in [1.165, 1.54) is 19.3 Å². The molecule has 0 aromatic rings. The zero-order chi connectivity index (χ0) is 10.7. The highest BCUT2D eigenvalue weighted by Gasteiger charge is 2.25. The van der Waals surface area contributed by atoms with E-state index in [1.807, 2.05) is 0 Å². The number of rotatable bonds is 2. The van der Waals surface area contributed by atoms with Crippen molar-refractivity contribution >= 4 is 0 Å². The Kier molecular flexibility index (Phi) is 4.00. The molecule has 15 heavy (non-hydrogen) atoms. The molecule has 3 unspecified atom stereocenters. The average molecular weight is 212 g/mol. The lowest BCUT2D eigenvalue weighted by Crippen LogP contribution is -2.51. The second kappa shape index (κ2) is 5.28. The molecule has 3 heteroatoms. The number of hydrogen-bond donors (Lipinski definition) is 1. The van der Waals surface area contributed by atoms with Crippen LogP contribution in [-0.2, 0) is 4.74 Å². The van der Waals surface area contributed by atoms with E-state index >= 15 is 0 Å². The monoisotopic (exact) mass is 212 g/mol. The van der Waals surface area contributed by atoms with E-state index in [0.717, 1.165) is 38.1 Å². The van der Waals surface area contributed by atoms with Gasteiger partial charge < -0.3 is 4.74 Å². The van der Waals surface area contributed by atoms with Gasteiger partial charge in [-0.2, -0.15) is 0 Å². The van der Waals surface area contributed by atoms with E-state index in [4.69, 9.17) is 4.74 Å². The molecule has 2 fully saturated rings. The maximum Gasteiger partial charge on any atom is 0.0608 e. The van der Waals surface area contributed by atoms with Crippen LogP contribution in [0.3, 0.4) is 0 Å². The fourth-order valence-electron chi connectivity index (χ4n) is 2.62. The fourth-order valence-corrected chi connectivity index (χ4v) is 2.62. The molecule has 1 aliphatic carbocycles. The lowest BCUT2D eigenvalue weighted by Gasteiger charge is -2.37. The highest BCUT2D eigenvalue weighted by atomic mass is 16.5. The van der Waals surface area contributed by atoms with E-state index < -0.39 is 0 Å². The molecule has 1 N–H and O–H groups in total. The van der Waals surface area contributed by atoms with Crippen molar-refractivity contribution in [2.45, 2.75) is 39.2 Å². The van der Waals surface area contributed by atoms with E-state index in [0.29, 0.717) is 6.04 Å². The topological polar surface area (TPSA) is 24.5 Å². The van der Waals surface area contributed by atoms with Gasteiger partial charge in [0, 0.05) is 19.1 Å². The summed E-state index contributed by atoms with van der Waals surface area (Å²) < 4.78 is 5.35. The van der Waals surface area contributed by atoms with Gasteiger partial charge in [-0.3, -0.25) is 5.43 Å². The Hall–Kier alpha value is -0.120. The summed E-state index contributed by atoms with van der Waals surface area (Å²) in [5.74, 6) is 1.78. The molecule has 1 aliphatic heterocycles. The molecular weight excluding hydrogens is 188 g/mol. The Bertz CT molecular complexity index is 192. The molecule has 0 aromatic carbocycles. The summed E-state index contributed by atoms with van der Waals surface area (Å²) >= 11 is 0. The predicted molar refractivity (Wildman–Crippen MR) is 61.5 cm³/mol. The third kappa shape index (κ3) is 3.16. The second-order valence-electron chi connectivity index (χ2n) is 5.19. The molecule has 0 amide bonds. The van der Waals surface area contributed by atoms with Crippen molar-refractivity contribution in [1.82, 2.24) is 10.4 Å². The first-order valence-corrected chi connectivity index (χ1v) is 6.34. The van der Waals surface area contributed by atoms with Crippen molar-refractivity contribution in [3.8, 4) is 0 Å². The van der Waals surface area contributed by atoms with Crippen molar-refractivity contribution in [2.75, 3.05) is 26.3 Å². The summed E-state index contributed by atoms with van der Waals surface area (Å²) in [4.78, 5) is 0. The van der Waals surface area contributed by atoms with Crippen molar-refractivity contribution in [2.24, 2.45) is 11.8 Å². The molecule has 1 heterocycles. The molecule has 0 bridgehead atoms. The van der Waals surface area contributed by atoms with Crippen LogP contribution < -0.4 is 5.43 Å². The van der Waals surface area contributed by atoms with E-state index in [-0.39, 0.29) is 0 Å². The number of morpholine rings is 1. The number of hydrogen-bond acceptors (Lipinski definition) is 3. The zero-order valence-corrected chi connectivity index (χ0v) is 10.0. The van der Waals surface area contributed by atoms with Crippen molar-refractivity contribution in [1.29, 1.82) is 0 Å². The number of nitrogens with zero attached hydrogens (tertiary/aromatic N) is 1. The summed E-state index contributed by atoms with van der Waals surface area (Å²) in [7, 11) is 0. The van der Waals surface area contributed by atoms with Crippen LogP contribution in [0.2, 0.25) is 0 Å². The minimum absolute atomic E-state index is 0.703. The van der Waals surface area contributed by atoms with Crippen molar-refractivity contribution in [3.63, 3.8) is 0 Å². The minimum Gasteiger partial charge on any atom is -0.379 e. The lowest BCUT2D eigenvalue weighted by atomic mass is 9.79. The number of nitrogens with one attached hydrogen (secondary N) is 1. The summed E-state index contributed by atoms with van der Waals surface area (Å²) in [5.41, 5.74) is 3.66. The Balaban J connectivity index is 1.74. The van der Waals surface area contributed by atoms with Gasteiger partial charge in [0.05, 0.1) is 13.2 Å². The summed E-state index contributed by atoms with van der Waals surface area (Å²) in [6, 6.07) is 0.703. The van der Waals surface area contributed by atoms with Gasteiger partial charge >= 0.3 is 0 Å². The van der Waals surface area contributed by atoms with Crippen LogP contribution in [0.4, 0.5) is 0 Å². The molecule has 1 saturated carbocycles. The molecule has 2 rings (SSSR count). The fraction of sp³-hybridized carbons (Fsp3) is 1.00. The lowest BCUT2D eigenvalue weighted by molar-refractivity contribution is -0.00369. The third-order valence-corrected chi connectivity index (χ3v) is 3.97. The molecule has 1 saturated heterocycles. The van der Waals surface area contributed by atoms with Gasteiger partial charge in [0.2, 0.25) is 0 Å². The smallest absolute Gasteiger partial charge is 0.0608 e. The average Bonchev–Trinajstić information content (AvgIpc) is 2.25. The molecule has 3 atom stereocenters. The Morgan fingerprint density at radius 3 is 2.47 bits per heavy atom. The van der Waals surface area contributed by atoms with Crippen LogP contribution in [-0.4, -0.2) is 37.4 Å². The van der Waals surface area contributed by atoms with Crippen LogP contribution in [0.25, 0.3) is 0 Å². The zero-order valence-electron chi connectivity index (χ0n) is 10.0. The van der Waals surface area contributed by atoms with Crippen LogP contribution in [0.15, 0.2) is 0 Å². The van der Waals surface area contributed by atoms with Gasteiger partial charge in [0.25, 0.3) is 0 Å². The Morgan fingerprint density at radius 2 is 1.80 bits per heavy atom. The highest BCUT2D eigenvalue weighted by Crippen LogP contribution is 2.29. The van der Waals surface area contributed by atoms with Gasteiger partial charge in [-0.05, 0) is 31.1 Å². The highest BCUT2D eigenvalue weighted by molar-refractivity contribution is 4.79. The molecule has 88 valence electrons. The molecule has 0 spiro atoms. The second-order valence-corrected chi connectivity index (χ2v) is 5.19. The Labute approximate surface area is 93.1 Å². The van der Waals surface area contributed by atoms with Crippen LogP contribution in [0.1, 0.15) is 33.1 Å². The summed E-state index contributed by atoms with van der Waals surface area (Å²) in [5, 5.41) is 2.34. The van der Waals surface area contributed by atoms with Gasteiger partial charge in [-0.1, -0.05) is 13.8 Å². The number of hydrazine groups is 1. The Morgan fingerprint density at radius 1 is 1.07 bits per heavy atom. The number of ether oxygens (including phenoxy) is 1. The summed E-state index contributed by atoms with van der Waals surface area (Å²) in [6.45, 7) is 8.62. The van der Waals surface area contributed by atoms with Gasteiger partial charge in [-0.25, -0.2) is 5.01 Å². The normalized spacial score (nSPS) is 39.2. The van der Waals surface area contributed by atoms with E-state index in [9.17, 15) is 0 Å². The molecule has 0 aromatic heterocycles. The van der Waals surface area contributed by atoms with Gasteiger partial charge in [0.1, 0.15) is 0 Å². The first kappa shape index (κ1) is 11.4. The third-order valence-electron chi connectivity index (χ3n) is 3.97. The van der Waals surface area contributed by atoms with Crippen molar-refractivity contribution in [3.05, 3.63) is 0 Å². The summed E-state index contributed by atoms with van der Waals surface area (Å²) in [6.07, 6.45) is 4.05. The SMILES string of the molecule is CC1CCC(NN2CCOCC2)CC1C. The maximum atomic E-state index is 5.35. The van der Waals surface area contributed by atoms with E-state index in [1.54, 1.807) is 0 Å². The largest absolute Gasteiger partial charge is 0.379 e. The van der Waals surface area contributed by atoms with E-state index in [2.05, 4.69) is 24.3 Å². The first-order chi connectivity index (χ1) is 7.25. The predicted octanol–water partition coefficient (Wildman–Crippen LogP) is 1.65. The first-order valence-electron chi connectivity index (χ1n) is 6.34. The molecule has 0 radical (unpaired) electrons. The molecule has 2 aliphatic rings.